The molecule has 1 aliphatic heterocycles. The molecule has 25 heavy (non-hydrogen) atoms. The van der Waals surface area contributed by atoms with E-state index in [-0.39, 0.29) is 0 Å². The van der Waals surface area contributed by atoms with Crippen LogP contribution in [0.25, 0.3) is 11.0 Å². The number of para-hydroxylation sites is 2. The van der Waals surface area contributed by atoms with E-state index in [1.807, 2.05) is 6.07 Å². The molecule has 1 atom stereocenters. The van der Waals surface area contributed by atoms with Crippen LogP contribution < -0.4 is 0 Å². The van der Waals surface area contributed by atoms with Crippen LogP contribution in [0, 0.1) is 5.92 Å². The van der Waals surface area contributed by atoms with Crippen LogP contribution in [-0.2, 0) is 13.0 Å². The molecule has 3 heterocycles. The monoisotopic (exact) mass is 355 g/mol. The van der Waals surface area contributed by atoms with Gasteiger partial charge in [0.1, 0.15) is 5.82 Å². The van der Waals surface area contributed by atoms with Gasteiger partial charge in [-0.15, -0.1) is 5.10 Å². The smallest absolute Gasteiger partial charge is 0.107 e. The zero-order valence-corrected chi connectivity index (χ0v) is 15.7. The predicted molar refractivity (Wildman–Crippen MR) is 102 cm³/mol. The van der Waals surface area contributed by atoms with Crippen molar-refractivity contribution in [3.05, 3.63) is 40.7 Å². The van der Waals surface area contributed by atoms with Crippen LogP contribution in [0.4, 0.5) is 0 Å². The van der Waals surface area contributed by atoms with Crippen molar-refractivity contribution in [2.45, 2.75) is 45.6 Å². The third-order valence-corrected chi connectivity index (χ3v) is 5.74. The second-order valence-electron chi connectivity index (χ2n) is 7.38. The molecule has 3 aromatic rings. The van der Waals surface area contributed by atoms with Crippen molar-refractivity contribution in [2.75, 3.05) is 13.1 Å². The lowest BCUT2D eigenvalue weighted by molar-refractivity contribution is 0.166. The molecule has 0 amide bonds. The van der Waals surface area contributed by atoms with E-state index < -0.39 is 0 Å². The van der Waals surface area contributed by atoms with E-state index in [4.69, 9.17) is 4.98 Å². The van der Waals surface area contributed by atoms with E-state index in [0.717, 1.165) is 36.4 Å². The van der Waals surface area contributed by atoms with E-state index in [1.165, 1.54) is 30.0 Å². The molecule has 1 fully saturated rings. The summed E-state index contributed by atoms with van der Waals surface area (Å²) in [6, 6.07) is 8.28. The van der Waals surface area contributed by atoms with E-state index in [0.29, 0.717) is 11.8 Å². The molecule has 1 N–H and O–H groups in total. The van der Waals surface area contributed by atoms with Crippen LogP contribution in [0.15, 0.2) is 24.3 Å². The maximum absolute atomic E-state index is 4.75. The minimum atomic E-state index is 0.449. The third kappa shape index (κ3) is 3.75. The maximum Gasteiger partial charge on any atom is 0.107 e. The first-order chi connectivity index (χ1) is 12.2. The number of hydrogen-bond acceptors (Lipinski definition) is 5. The fourth-order valence-electron chi connectivity index (χ4n) is 3.80. The molecule has 1 saturated heterocycles. The quantitative estimate of drug-likeness (QED) is 0.752. The van der Waals surface area contributed by atoms with Crippen LogP contribution in [0.2, 0.25) is 0 Å². The molecule has 1 aromatic carbocycles. The molecular weight excluding hydrogens is 330 g/mol. The Morgan fingerprint density at radius 3 is 3.04 bits per heavy atom. The number of nitrogens with one attached hydrogen (secondary N) is 1. The van der Waals surface area contributed by atoms with Gasteiger partial charge in [-0.25, -0.2) is 4.98 Å². The van der Waals surface area contributed by atoms with Crippen LogP contribution in [0.5, 0.6) is 0 Å². The molecule has 0 aliphatic carbocycles. The predicted octanol–water partition coefficient (Wildman–Crippen LogP) is 3.99. The highest BCUT2D eigenvalue weighted by Crippen LogP contribution is 2.26. The van der Waals surface area contributed by atoms with E-state index in [1.54, 1.807) is 11.5 Å². The number of hydrogen-bond donors (Lipinski definition) is 1. The molecule has 2 aromatic heterocycles. The Morgan fingerprint density at radius 1 is 1.32 bits per heavy atom. The molecule has 0 spiro atoms. The molecule has 0 bridgehead atoms. The summed E-state index contributed by atoms with van der Waals surface area (Å²) < 4.78 is 4.17. The first-order valence-corrected chi connectivity index (χ1v) is 9.93. The fraction of sp³-hybridized carbons (Fsp3) is 0.526. The zero-order valence-electron chi connectivity index (χ0n) is 14.9. The second kappa shape index (κ2) is 7.22. The number of likely N-dealkylation sites (tertiary alicyclic amines) is 1. The lowest BCUT2D eigenvalue weighted by atomic mass is 9.94. The number of imidazole rings is 1. The van der Waals surface area contributed by atoms with Crippen molar-refractivity contribution in [3.8, 4) is 0 Å². The number of nitrogens with zero attached hydrogens (tertiary/aromatic N) is 4. The lowest BCUT2D eigenvalue weighted by Gasteiger charge is -2.32. The Morgan fingerprint density at radius 2 is 2.20 bits per heavy atom. The van der Waals surface area contributed by atoms with Crippen LogP contribution in [-0.4, -0.2) is 37.5 Å². The minimum Gasteiger partial charge on any atom is -0.342 e. The lowest BCUT2D eigenvalue weighted by Crippen LogP contribution is -2.35. The van der Waals surface area contributed by atoms with Crippen molar-refractivity contribution in [2.24, 2.45) is 5.92 Å². The number of H-pyrrole nitrogens is 1. The van der Waals surface area contributed by atoms with Gasteiger partial charge in [0, 0.05) is 19.5 Å². The summed E-state index contributed by atoms with van der Waals surface area (Å²) in [6.07, 6.45) is 3.57. The average molecular weight is 356 g/mol. The molecule has 4 rings (SSSR count). The summed E-state index contributed by atoms with van der Waals surface area (Å²) in [5.41, 5.74) is 3.38. The van der Waals surface area contributed by atoms with Crippen molar-refractivity contribution in [1.29, 1.82) is 0 Å². The standard InChI is InChI=1S/C19H25N5S/c1-13(2)19-17(25-23-22-19)12-24-9-5-6-14(11-24)10-18-20-15-7-3-4-8-16(15)21-18/h3-4,7-8,13-14H,5-6,9-12H2,1-2H3,(H,20,21)/t14-/m1/s1. The highest BCUT2D eigenvalue weighted by Gasteiger charge is 2.23. The molecular formula is C19H25N5S. The van der Waals surface area contributed by atoms with Crippen LogP contribution >= 0.6 is 11.5 Å². The molecule has 132 valence electrons. The van der Waals surface area contributed by atoms with E-state index >= 15 is 0 Å². The Hall–Kier alpha value is -1.79. The van der Waals surface area contributed by atoms with Gasteiger partial charge in [0.2, 0.25) is 0 Å². The van der Waals surface area contributed by atoms with Gasteiger partial charge in [-0.05, 0) is 54.9 Å². The topological polar surface area (TPSA) is 57.7 Å². The Labute approximate surface area is 152 Å². The minimum absolute atomic E-state index is 0.449. The number of rotatable bonds is 5. The van der Waals surface area contributed by atoms with Crippen molar-refractivity contribution in [1.82, 2.24) is 24.5 Å². The zero-order chi connectivity index (χ0) is 17.2. The van der Waals surface area contributed by atoms with Gasteiger partial charge >= 0.3 is 0 Å². The van der Waals surface area contributed by atoms with Gasteiger partial charge in [0.25, 0.3) is 0 Å². The van der Waals surface area contributed by atoms with E-state index in [2.05, 4.69) is 51.5 Å². The van der Waals surface area contributed by atoms with Gasteiger partial charge in [-0.1, -0.05) is 30.5 Å². The van der Waals surface area contributed by atoms with Gasteiger partial charge in [0.15, 0.2) is 0 Å². The Balaban J connectivity index is 1.41. The molecule has 0 radical (unpaired) electrons. The summed E-state index contributed by atoms with van der Waals surface area (Å²) in [5, 5.41) is 4.32. The van der Waals surface area contributed by atoms with Gasteiger partial charge in [0.05, 0.1) is 21.6 Å². The third-order valence-electron chi connectivity index (χ3n) is 5.02. The van der Waals surface area contributed by atoms with Crippen LogP contribution in [0.1, 0.15) is 49.0 Å². The van der Waals surface area contributed by atoms with Gasteiger partial charge in [-0.2, -0.15) is 0 Å². The number of fused-ring (bicyclic) bond motifs is 1. The first kappa shape index (κ1) is 16.7. The van der Waals surface area contributed by atoms with Crippen molar-refractivity contribution >= 4 is 22.6 Å². The first-order valence-electron chi connectivity index (χ1n) is 9.16. The highest BCUT2D eigenvalue weighted by atomic mass is 32.1. The molecule has 0 saturated carbocycles. The Kier molecular flexibility index (Phi) is 4.81. The normalized spacial score (nSPS) is 19.1. The highest BCUT2D eigenvalue weighted by molar-refractivity contribution is 7.05. The average Bonchev–Trinajstić information content (AvgIpc) is 3.21. The van der Waals surface area contributed by atoms with Crippen molar-refractivity contribution in [3.63, 3.8) is 0 Å². The maximum atomic E-state index is 4.75. The summed E-state index contributed by atoms with van der Waals surface area (Å²) in [6.45, 7) is 7.68. The molecule has 0 unspecified atom stereocenters. The summed E-state index contributed by atoms with van der Waals surface area (Å²) >= 11 is 1.56. The van der Waals surface area contributed by atoms with Crippen LogP contribution in [0.3, 0.4) is 0 Å². The summed E-state index contributed by atoms with van der Waals surface area (Å²) in [4.78, 5) is 12.1. The summed E-state index contributed by atoms with van der Waals surface area (Å²) in [7, 11) is 0. The van der Waals surface area contributed by atoms with Gasteiger partial charge < -0.3 is 4.98 Å². The SMILES string of the molecule is CC(C)c1nnsc1CN1CCC[C@H](Cc2nc3ccccc3[nH]2)C1. The fourth-order valence-corrected chi connectivity index (χ4v) is 4.64. The molecule has 1 aliphatic rings. The van der Waals surface area contributed by atoms with Gasteiger partial charge in [-0.3, -0.25) is 4.90 Å². The van der Waals surface area contributed by atoms with Crippen molar-refractivity contribution < 1.29 is 0 Å². The number of piperidine rings is 1. The largest absolute Gasteiger partial charge is 0.342 e. The molecule has 6 heteroatoms. The molecule has 5 nitrogen and oxygen atoms in total. The number of benzene rings is 1. The number of aromatic nitrogens is 4. The Bertz CT molecular complexity index is 804. The number of aromatic amines is 1. The van der Waals surface area contributed by atoms with E-state index in [9.17, 15) is 0 Å². The second-order valence-corrected chi connectivity index (χ2v) is 8.22. The summed E-state index contributed by atoms with van der Waals surface area (Å²) in [5.74, 6) is 2.23.